The molecule has 8 nitrogen and oxygen atoms in total. The predicted octanol–water partition coefficient (Wildman–Crippen LogP) is 9.43. The molecule has 1 aliphatic rings. The largest absolute Gasteiger partial charge is 0.505 e. The molecule has 0 aliphatic carbocycles. The number of cyclic esters (lactones) is 1. The second-order valence-electron chi connectivity index (χ2n) is 13.6. The highest BCUT2D eigenvalue weighted by atomic mass is 16.6. The molecule has 0 amide bonds. The highest BCUT2D eigenvalue weighted by molar-refractivity contribution is 6.11. The zero-order chi connectivity index (χ0) is 34.0. The number of rotatable bonds is 32. The molecule has 0 aromatic heterocycles. The number of Topliss-reactive ketones (excluding diaryl/α,β-unsaturated/α-hetero) is 2. The zero-order valence-electron chi connectivity index (χ0n) is 29.4. The van der Waals surface area contributed by atoms with Crippen LogP contribution in [-0.2, 0) is 19.1 Å². The number of carbonyl (C=O) groups is 3. The van der Waals surface area contributed by atoms with Gasteiger partial charge in [-0.25, -0.2) is 4.79 Å². The molecule has 2 atom stereocenters. The fraction of sp³-hybridized carbons (Fsp3) is 0.868. The number of ether oxygens (including phenoxy) is 1. The number of aliphatic hydroxyl groups is 4. The Morgan fingerprint density at radius 1 is 0.587 bits per heavy atom. The molecule has 0 aromatic rings. The molecule has 0 spiro atoms. The quantitative estimate of drug-likeness (QED) is 0.0320. The van der Waals surface area contributed by atoms with Gasteiger partial charge >= 0.3 is 5.97 Å². The van der Waals surface area contributed by atoms with Gasteiger partial charge in [-0.2, -0.15) is 0 Å². The van der Waals surface area contributed by atoms with Crippen molar-refractivity contribution >= 4 is 17.5 Å². The van der Waals surface area contributed by atoms with Crippen LogP contribution in [0, 0.1) is 0 Å². The maximum atomic E-state index is 13.3. The Bertz CT molecular complexity index is 825. The van der Waals surface area contributed by atoms with Crippen molar-refractivity contribution in [3.8, 4) is 0 Å². The van der Waals surface area contributed by atoms with Gasteiger partial charge in [0.05, 0.1) is 0 Å². The number of esters is 1. The average molecular weight is 653 g/mol. The van der Waals surface area contributed by atoms with Crippen molar-refractivity contribution in [2.45, 2.75) is 211 Å². The van der Waals surface area contributed by atoms with Crippen LogP contribution in [0.2, 0.25) is 0 Å². The van der Waals surface area contributed by atoms with Gasteiger partial charge in [0.15, 0.2) is 23.4 Å². The zero-order valence-corrected chi connectivity index (χ0v) is 29.4. The van der Waals surface area contributed by atoms with E-state index >= 15 is 0 Å². The van der Waals surface area contributed by atoms with Gasteiger partial charge in [-0.05, 0) is 12.8 Å². The van der Waals surface area contributed by atoms with Gasteiger partial charge in [0, 0.05) is 12.8 Å². The van der Waals surface area contributed by atoms with Crippen LogP contribution in [0.1, 0.15) is 194 Å². The number of hydrogen-bond donors (Lipinski definition) is 4. The highest BCUT2D eigenvalue weighted by Crippen LogP contribution is 2.31. The first-order chi connectivity index (χ1) is 22.2. The number of aliphatic hydroxyl groups excluding tert-OH is 3. The topological polar surface area (TPSA) is 141 Å². The minimum absolute atomic E-state index is 0.118. The molecule has 0 aromatic carbocycles. The SMILES string of the molecule is CCCCCCCCCCCCCCCC(=O)C(O)(C(=O)CCCCCCCCCCCCCCC)[C@H](O)[C@H]1OC(=O)C(O)=C1O. The Labute approximate surface area is 279 Å². The van der Waals surface area contributed by atoms with E-state index < -0.39 is 46.9 Å². The van der Waals surface area contributed by atoms with E-state index in [9.17, 15) is 34.8 Å². The molecule has 0 bridgehead atoms. The average Bonchev–Trinajstić information content (AvgIpc) is 3.31. The third kappa shape index (κ3) is 16.3. The van der Waals surface area contributed by atoms with Crippen molar-refractivity contribution in [2.75, 3.05) is 0 Å². The summed E-state index contributed by atoms with van der Waals surface area (Å²) in [6, 6.07) is 0. The molecule has 0 saturated heterocycles. The lowest BCUT2D eigenvalue weighted by Gasteiger charge is -2.32. The molecular weight excluding hydrogens is 584 g/mol. The molecule has 1 rings (SSSR count). The van der Waals surface area contributed by atoms with Crippen LogP contribution in [-0.4, -0.2) is 55.8 Å². The first-order valence-corrected chi connectivity index (χ1v) is 19.0. The molecule has 268 valence electrons. The summed E-state index contributed by atoms with van der Waals surface area (Å²) in [5, 5.41) is 42.1. The van der Waals surface area contributed by atoms with Crippen molar-refractivity contribution in [2.24, 2.45) is 0 Å². The fourth-order valence-corrected chi connectivity index (χ4v) is 6.37. The molecular formula is C38H68O8. The van der Waals surface area contributed by atoms with E-state index in [0.29, 0.717) is 12.8 Å². The molecule has 0 radical (unpaired) electrons. The van der Waals surface area contributed by atoms with E-state index in [4.69, 9.17) is 4.74 Å². The summed E-state index contributed by atoms with van der Waals surface area (Å²) in [4.78, 5) is 38.3. The lowest BCUT2D eigenvalue weighted by molar-refractivity contribution is -0.177. The monoisotopic (exact) mass is 652 g/mol. The van der Waals surface area contributed by atoms with Crippen molar-refractivity contribution < 1.29 is 39.5 Å². The Morgan fingerprint density at radius 3 is 1.13 bits per heavy atom. The lowest BCUT2D eigenvalue weighted by Crippen LogP contribution is -2.60. The highest BCUT2D eigenvalue weighted by Gasteiger charge is 2.56. The summed E-state index contributed by atoms with van der Waals surface area (Å²) in [7, 11) is 0. The molecule has 1 aliphatic heterocycles. The minimum Gasteiger partial charge on any atom is -0.505 e. The molecule has 1 heterocycles. The minimum atomic E-state index is -2.84. The second-order valence-corrected chi connectivity index (χ2v) is 13.6. The van der Waals surface area contributed by atoms with Crippen molar-refractivity contribution in [3.63, 3.8) is 0 Å². The smallest absolute Gasteiger partial charge is 0.377 e. The Balaban J connectivity index is 2.46. The summed E-state index contributed by atoms with van der Waals surface area (Å²) < 4.78 is 4.81. The summed E-state index contributed by atoms with van der Waals surface area (Å²) >= 11 is 0. The molecule has 0 unspecified atom stereocenters. The van der Waals surface area contributed by atoms with Crippen LogP contribution in [0.3, 0.4) is 0 Å². The van der Waals surface area contributed by atoms with Crippen LogP contribution < -0.4 is 0 Å². The van der Waals surface area contributed by atoms with Crippen LogP contribution in [0.25, 0.3) is 0 Å². The van der Waals surface area contributed by atoms with Gasteiger partial charge in [0.2, 0.25) is 11.4 Å². The molecule has 0 saturated carbocycles. The number of ketones is 2. The molecule has 8 heteroatoms. The maximum absolute atomic E-state index is 13.3. The summed E-state index contributed by atoms with van der Waals surface area (Å²) in [6.45, 7) is 4.45. The summed E-state index contributed by atoms with van der Waals surface area (Å²) in [5.41, 5.74) is -2.84. The summed E-state index contributed by atoms with van der Waals surface area (Å²) in [6.07, 6.45) is 24.9. The van der Waals surface area contributed by atoms with E-state index in [1.807, 2.05) is 0 Å². The third-order valence-corrected chi connectivity index (χ3v) is 9.52. The van der Waals surface area contributed by atoms with E-state index in [0.717, 1.165) is 51.4 Å². The van der Waals surface area contributed by atoms with Crippen LogP contribution in [0.4, 0.5) is 0 Å². The second kappa shape index (κ2) is 26.1. The molecule has 46 heavy (non-hydrogen) atoms. The van der Waals surface area contributed by atoms with Gasteiger partial charge in [-0.1, -0.05) is 168 Å². The number of unbranched alkanes of at least 4 members (excludes halogenated alkanes) is 24. The van der Waals surface area contributed by atoms with E-state index in [-0.39, 0.29) is 12.8 Å². The van der Waals surface area contributed by atoms with Crippen LogP contribution in [0.5, 0.6) is 0 Å². The summed E-state index contributed by atoms with van der Waals surface area (Å²) in [5.74, 6) is -5.06. The normalized spacial score (nSPS) is 15.8. The van der Waals surface area contributed by atoms with E-state index in [1.54, 1.807) is 0 Å². The fourth-order valence-electron chi connectivity index (χ4n) is 6.37. The van der Waals surface area contributed by atoms with E-state index in [2.05, 4.69) is 13.8 Å². The first kappa shape index (κ1) is 42.1. The maximum Gasteiger partial charge on any atom is 0.377 e. The van der Waals surface area contributed by atoms with Crippen molar-refractivity contribution in [1.82, 2.24) is 0 Å². The molecule has 0 fully saturated rings. The predicted molar refractivity (Wildman–Crippen MR) is 184 cm³/mol. The van der Waals surface area contributed by atoms with Gasteiger partial charge in [-0.3, -0.25) is 9.59 Å². The third-order valence-electron chi connectivity index (χ3n) is 9.52. The first-order valence-electron chi connectivity index (χ1n) is 19.0. The lowest BCUT2D eigenvalue weighted by atomic mass is 9.80. The molecule has 4 N–H and O–H groups in total. The van der Waals surface area contributed by atoms with E-state index in [1.165, 1.54) is 103 Å². The van der Waals surface area contributed by atoms with Gasteiger partial charge in [0.25, 0.3) is 0 Å². The van der Waals surface area contributed by atoms with Gasteiger partial charge < -0.3 is 25.2 Å². The van der Waals surface area contributed by atoms with Crippen molar-refractivity contribution in [1.29, 1.82) is 0 Å². The Morgan fingerprint density at radius 2 is 0.870 bits per heavy atom. The number of hydrogen-bond acceptors (Lipinski definition) is 8. The Hall–Kier alpha value is -1.93. The number of carbonyl (C=O) groups excluding carboxylic acids is 3. The Kier molecular flexibility index (Phi) is 23.9. The standard InChI is InChI=1S/C38H68O8/c1-3-5-7-9-11-13-15-17-19-21-23-25-27-29-31(39)38(45,36(43)35-33(41)34(42)37(44)46-35)32(40)30-28-26-24-22-20-18-16-14-12-10-8-6-4-2/h35-36,41-43,45H,3-30H2,1-2H3/t35-,36+/m0/s1. The van der Waals surface area contributed by atoms with Gasteiger partial charge in [0.1, 0.15) is 6.10 Å². The van der Waals surface area contributed by atoms with Crippen LogP contribution in [0.15, 0.2) is 11.5 Å². The van der Waals surface area contributed by atoms with Gasteiger partial charge in [-0.15, -0.1) is 0 Å². The van der Waals surface area contributed by atoms with Crippen molar-refractivity contribution in [3.05, 3.63) is 11.5 Å². The van der Waals surface area contributed by atoms with Crippen LogP contribution >= 0.6 is 0 Å².